The summed E-state index contributed by atoms with van der Waals surface area (Å²) in [4.78, 5) is 11.2. The Morgan fingerprint density at radius 1 is 1.24 bits per heavy atom. The number of rotatable bonds is 4. The van der Waals surface area contributed by atoms with E-state index in [0.717, 1.165) is 15.8 Å². The van der Waals surface area contributed by atoms with Gasteiger partial charge in [0, 0.05) is 10.5 Å². The predicted octanol–water partition coefficient (Wildman–Crippen LogP) is 5.12. The van der Waals surface area contributed by atoms with Crippen molar-refractivity contribution in [2.75, 3.05) is 0 Å². The molecular formula is C16H15BrClNO2. The first-order valence-electron chi connectivity index (χ1n) is 6.45. The number of nitrogens with two attached hydrogens (primary N) is 1. The summed E-state index contributed by atoms with van der Waals surface area (Å²) < 4.78 is 6.88. The van der Waals surface area contributed by atoms with E-state index in [2.05, 4.69) is 29.8 Å². The van der Waals surface area contributed by atoms with Gasteiger partial charge in [-0.05, 0) is 41.8 Å². The summed E-state index contributed by atoms with van der Waals surface area (Å²) in [6.45, 7) is 4.19. The van der Waals surface area contributed by atoms with Crippen LogP contribution in [0.5, 0.6) is 11.5 Å². The fourth-order valence-electron chi connectivity index (χ4n) is 1.95. The van der Waals surface area contributed by atoms with Crippen LogP contribution in [0.15, 0.2) is 40.9 Å². The minimum absolute atomic E-state index is 0.281. The molecule has 5 heteroatoms. The Morgan fingerprint density at radius 2 is 1.95 bits per heavy atom. The van der Waals surface area contributed by atoms with E-state index in [4.69, 9.17) is 22.1 Å². The molecule has 110 valence electrons. The highest BCUT2D eigenvalue weighted by Crippen LogP contribution is 2.34. The van der Waals surface area contributed by atoms with E-state index in [-0.39, 0.29) is 10.6 Å². The van der Waals surface area contributed by atoms with Crippen molar-refractivity contribution in [3.63, 3.8) is 0 Å². The molecule has 0 fully saturated rings. The maximum atomic E-state index is 11.2. The molecule has 0 aliphatic heterocycles. The van der Waals surface area contributed by atoms with Gasteiger partial charge < -0.3 is 10.5 Å². The van der Waals surface area contributed by atoms with Gasteiger partial charge >= 0.3 is 0 Å². The summed E-state index contributed by atoms with van der Waals surface area (Å²) in [6, 6.07) is 10.7. The molecule has 2 aromatic carbocycles. The monoisotopic (exact) mass is 367 g/mol. The van der Waals surface area contributed by atoms with Crippen LogP contribution in [0.2, 0.25) is 5.02 Å². The van der Waals surface area contributed by atoms with Crippen molar-refractivity contribution in [3.05, 3.63) is 57.0 Å². The quantitative estimate of drug-likeness (QED) is 0.814. The van der Waals surface area contributed by atoms with Gasteiger partial charge in [-0.25, -0.2) is 0 Å². The van der Waals surface area contributed by atoms with E-state index in [1.807, 2.05) is 18.2 Å². The molecule has 1 amide bonds. The maximum Gasteiger partial charge on any atom is 0.250 e. The Kier molecular flexibility index (Phi) is 4.91. The summed E-state index contributed by atoms with van der Waals surface area (Å²) in [5, 5.41) is 0.281. The second kappa shape index (κ2) is 6.50. The smallest absolute Gasteiger partial charge is 0.250 e. The molecule has 2 aromatic rings. The Bertz CT molecular complexity index is 686. The molecule has 2 rings (SSSR count). The fraction of sp³-hybridized carbons (Fsp3) is 0.188. The largest absolute Gasteiger partial charge is 0.457 e. The molecule has 0 aromatic heterocycles. The summed E-state index contributed by atoms with van der Waals surface area (Å²) in [5.41, 5.74) is 6.59. The topological polar surface area (TPSA) is 52.3 Å². The molecule has 0 unspecified atom stereocenters. The maximum absolute atomic E-state index is 11.2. The first kappa shape index (κ1) is 15.9. The van der Waals surface area contributed by atoms with Gasteiger partial charge in [0.15, 0.2) is 0 Å². The lowest BCUT2D eigenvalue weighted by Gasteiger charge is -2.14. The minimum atomic E-state index is -0.557. The highest BCUT2D eigenvalue weighted by molar-refractivity contribution is 9.10. The van der Waals surface area contributed by atoms with E-state index < -0.39 is 5.91 Å². The zero-order chi connectivity index (χ0) is 15.6. The summed E-state index contributed by atoms with van der Waals surface area (Å²) in [6.07, 6.45) is 0. The van der Waals surface area contributed by atoms with Gasteiger partial charge in [-0.15, -0.1) is 0 Å². The second-order valence-electron chi connectivity index (χ2n) is 4.94. The third-order valence-electron chi connectivity index (χ3n) is 3.03. The summed E-state index contributed by atoms with van der Waals surface area (Å²) in [5.74, 6) is 1.08. The van der Waals surface area contributed by atoms with Gasteiger partial charge in [0.2, 0.25) is 5.91 Å². The lowest BCUT2D eigenvalue weighted by molar-refractivity contribution is 0.100. The summed E-state index contributed by atoms with van der Waals surface area (Å²) >= 11 is 9.49. The van der Waals surface area contributed by atoms with Crippen LogP contribution in [0.4, 0.5) is 0 Å². The van der Waals surface area contributed by atoms with Crippen LogP contribution in [0, 0.1) is 0 Å². The normalized spacial score (nSPS) is 10.7. The van der Waals surface area contributed by atoms with E-state index in [9.17, 15) is 4.79 Å². The number of hydrogen-bond donors (Lipinski definition) is 1. The van der Waals surface area contributed by atoms with Gasteiger partial charge in [0.1, 0.15) is 11.5 Å². The zero-order valence-electron chi connectivity index (χ0n) is 11.7. The average molecular weight is 369 g/mol. The van der Waals surface area contributed by atoms with Gasteiger partial charge in [-0.2, -0.15) is 0 Å². The Labute approximate surface area is 137 Å². The van der Waals surface area contributed by atoms with Crippen LogP contribution in [0.3, 0.4) is 0 Å². The standard InChI is InChI=1S/C16H15BrClNO2/c1-9(2)13-7-10(17)3-6-15(13)21-11-4-5-12(16(19)20)14(18)8-11/h3-9H,1-2H3,(H2,19,20). The number of carbonyl (C=O) groups is 1. The molecule has 0 heterocycles. The Morgan fingerprint density at radius 3 is 2.52 bits per heavy atom. The number of primary amides is 1. The van der Waals surface area contributed by atoms with Crippen LogP contribution in [-0.2, 0) is 0 Å². The van der Waals surface area contributed by atoms with Crippen LogP contribution in [0.25, 0.3) is 0 Å². The number of halogens is 2. The average Bonchev–Trinajstić information content (AvgIpc) is 2.40. The predicted molar refractivity (Wildman–Crippen MR) is 88.3 cm³/mol. The minimum Gasteiger partial charge on any atom is -0.457 e. The van der Waals surface area contributed by atoms with Gasteiger partial charge in [0.05, 0.1) is 10.6 Å². The molecule has 0 saturated heterocycles. The number of amides is 1. The number of carbonyl (C=O) groups excluding carboxylic acids is 1. The van der Waals surface area contributed by atoms with Crippen molar-refractivity contribution in [1.82, 2.24) is 0 Å². The van der Waals surface area contributed by atoms with Crippen molar-refractivity contribution in [2.45, 2.75) is 19.8 Å². The van der Waals surface area contributed by atoms with Crippen LogP contribution < -0.4 is 10.5 Å². The fourth-order valence-corrected chi connectivity index (χ4v) is 2.59. The SMILES string of the molecule is CC(C)c1cc(Br)ccc1Oc1ccc(C(N)=O)c(Cl)c1. The van der Waals surface area contributed by atoms with Crippen molar-refractivity contribution in [3.8, 4) is 11.5 Å². The molecule has 0 aliphatic rings. The lowest BCUT2D eigenvalue weighted by atomic mass is 10.0. The Hall–Kier alpha value is -1.52. The van der Waals surface area contributed by atoms with E-state index in [1.54, 1.807) is 18.2 Å². The van der Waals surface area contributed by atoms with Crippen molar-refractivity contribution >= 4 is 33.4 Å². The van der Waals surface area contributed by atoms with Gasteiger partial charge in [0.25, 0.3) is 0 Å². The molecule has 21 heavy (non-hydrogen) atoms. The van der Waals surface area contributed by atoms with Gasteiger partial charge in [-0.3, -0.25) is 4.79 Å². The van der Waals surface area contributed by atoms with E-state index in [1.165, 1.54) is 0 Å². The molecule has 2 N–H and O–H groups in total. The molecule has 0 atom stereocenters. The third-order valence-corrected chi connectivity index (χ3v) is 3.83. The lowest BCUT2D eigenvalue weighted by Crippen LogP contribution is -2.11. The second-order valence-corrected chi connectivity index (χ2v) is 6.27. The molecular weight excluding hydrogens is 354 g/mol. The van der Waals surface area contributed by atoms with Crippen molar-refractivity contribution < 1.29 is 9.53 Å². The van der Waals surface area contributed by atoms with E-state index in [0.29, 0.717) is 11.7 Å². The number of hydrogen-bond acceptors (Lipinski definition) is 2. The van der Waals surface area contributed by atoms with Crippen LogP contribution in [-0.4, -0.2) is 5.91 Å². The zero-order valence-corrected chi connectivity index (χ0v) is 14.0. The van der Waals surface area contributed by atoms with Crippen molar-refractivity contribution in [2.24, 2.45) is 5.73 Å². The molecule has 3 nitrogen and oxygen atoms in total. The molecule has 0 aliphatic carbocycles. The number of ether oxygens (including phenoxy) is 1. The molecule has 0 spiro atoms. The highest BCUT2D eigenvalue weighted by Gasteiger charge is 2.12. The first-order valence-corrected chi connectivity index (χ1v) is 7.62. The van der Waals surface area contributed by atoms with Crippen LogP contribution in [0.1, 0.15) is 35.7 Å². The first-order chi connectivity index (χ1) is 9.88. The molecule has 0 saturated carbocycles. The summed E-state index contributed by atoms with van der Waals surface area (Å²) in [7, 11) is 0. The third kappa shape index (κ3) is 3.77. The van der Waals surface area contributed by atoms with E-state index >= 15 is 0 Å². The van der Waals surface area contributed by atoms with Crippen molar-refractivity contribution in [1.29, 1.82) is 0 Å². The molecule has 0 bridgehead atoms. The number of benzene rings is 2. The highest BCUT2D eigenvalue weighted by atomic mass is 79.9. The Balaban J connectivity index is 2.34. The molecule has 0 radical (unpaired) electrons. The van der Waals surface area contributed by atoms with Gasteiger partial charge in [-0.1, -0.05) is 41.4 Å². The van der Waals surface area contributed by atoms with Crippen LogP contribution >= 0.6 is 27.5 Å².